The summed E-state index contributed by atoms with van der Waals surface area (Å²) in [7, 11) is -0.830. The third kappa shape index (κ3) is 5.94. The molecule has 0 unspecified atom stereocenters. The van der Waals surface area contributed by atoms with E-state index in [9.17, 15) is 4.79 Å². The third-order valence-electron chi connectivity index (χ3n) is 1.76. The number of aliphatic imine (C=N–C) groups is 1. The molecule has 0 spiro atoms. The minimum absolute atomic E-state index is 0.294. The van der Waals surface area contributed by atoms with Crippen LogP contribution in [0, 0.1) is 0 Å². The quantitative estimate of drug-likeness (QED) is 0.347. The zero-order valence-electron chi connectivity index (χ0n) is 10.1. The average Bonchev–Trinajstić information content (AvgIpc) is 2.26. The van der Waals surface area contributed by atoms with Crippen molar-refractivity contribution in [3.05, 3.63) is 11.8 Å². The van der Waals surface area contributed by atoms with Crippen LogP contribution < -0.4 is 0 Å². The van der Waals surface area contributed by atoms with Gasteiger partial charge in [0.15, 0.2) is 0 Å². The van der Waals surface area contributed by atoms with Crippen LogP contribution >= 0.6 is 0 Å². The molecule has 0 aromatic carbocycles. The normalized spacial score (nSPS) is 11.7. The molecular formula is C10H19NO4Si. The van der Waals surface area contributed by atoms with Crippen molar-refractivity contribution in [3.63, 3.8) is 0 Å². The molecule has 0 radical (unpaired) electrons. The second-order valence-corrected chi connectivity index (χ2v) is 5.77. The summed E-state index contributed by atoms with van der Waals surface area (Å²) in [6.45, 7) is 5.25. The van der Waals surface area contributed by atoms with E-state index < -0.39 is 8.56 Å². The first-order valence-corrected chi connectivity index (χ1v) is 7.33. The Morgan fingerprint density at radius 3 is 2.38 bits per heavy atom. The number of ether oxygens (including phenoxy) is 1. The van der Waals surface area contributed by atoms with Gasteiger partial charge in [0.2, 0.25) is 6.08 Å². The highest BCUT2D eigenvalue weighted by Gasteiger charge is 2.34. The SMILES string of the molecule is CCO[Si](C=CCN=C=O)(COC)OCC. The minimum atomic E-state index is -2.44. The van der Waals surface area contributed by atoms with E-state index >= 15 is 0 Å². The van der Waals surface area contributed by atoms with Crippen molar-refractivity contribution < 1.29 is 18.4 Å². The van der Waals surface area contributed by atoms with E-state index in [1.807, 2.05) is 19.5 Å². The number of methoxy groups -OCH3 is 1. The van der Waals surface area contributed by atoms with Gasteiger partial charge in [0.05, 0.1) is 12.8 Å². The Morgan fingerprint density at radius 1 is 1.31 bits per heavy atom. The molecule has 0 bridgehead atoms. The van der Waals surface area contributed by atoms with Gasteiger partial charge in [-0.2, -0.15) is 0 Å². The fourth-order valence-corrected chi connectivity index (χ4v) is 3.66. The summed E-state index contributed by atoms with van der Waals surface area (Å²) in [5, 5.41) is 0. The molecule has 92 valence electrons. The van der Waals surface area contributed by atoms with Crippen molar-refractivity contribution in [2.24, 2.45) is 4.99 Å². The molecule has 0 saturated carbocycles. The van der Waals surface area contributed by atoms with E-state index in [2.05, 4.69) is 4.99 Å². The predicted molar refractivity (Wildman–Crippen MR) is 63.0 cm³/mol. The van der Waals surface area contributed by atoms with Crippen LogP contribution in [0.4, 0.5) is 0 Å². The van der Waals surface area contributed by atoms with E-state index in [-0.39, 0.29) is 0 Å². The van der Waals surface area contributed by atoms with E-state index in [4.69, 9.17) is 13.6 Å². The molecule has 0 atom stereocenters. The van der Waals surface area contributed by atoms with Crippen molar-refractivity contribution in [2.75, 3.05) is 33.1 Å². The number of rotatable bonds is 9. The maximum absolute atomic E-state index is 9.91. The average molecular weight is 245 g/mol. The molecule has 0 aromatic rings. The molecule has 0 saturated heterocycles. The minimum Gasteiger partial charge on any atom is -0.390 e. The second-order valence-electron chi connectivity index (χ2n) is 2.95. The molecular weight excluding hydrogens is 226 g/mol. The first-order chi connectivity index (χ1) is 7.74. The van der Waals surface area contributed by atoms with Crippen molar-refractivity contribution >= 4 is 14.6 Å². The van der Waals surface area contributed by atoms with Gasteiger partial charge in [0.1, 0.15) is 0 Å². The van der Waals surface area contributed by atoms with E-state index in [1.54, 1.807) is 13.2 Å². The maximum atomic E-state index is 9.91. The highest BCUT2D eigenvalue weighted by atomic mass is 28.4. The van der Waals surface area contributed by atoms with Crippen molar-refractivity contribution in [3.8, 4) is 0 Å². The summed E-state index contributed by atoms with van der Waals surface area (Å²) < 4.78 is 16.4. The molecule has 0 rings (SSSR count). The summed E-state index contributed by atoms with van der Waals surface area (Å²) in [6.07, 6.45) is 3.65. The van der Waals surface area contributed by atoms with Crippen LogP contribution in [0.5, 0.6) is 0 Å². The molecule has 0 aliphatic heterocycles. The highest BCUT2D eigenvalue weighted by Crippen LogP contribution is 2.10. The Balaban J connectivity index is 4.56. The van der Waals surface area contributed by atoms with Crippen LogP contribution in [0.1, 0.15) is 13.8 Å². The zero-order valence-corrected chi connectivity index (χ0v) is 11.1. The summed E-state index contributed by atoms with van der Waals surface area (Å²) in [6, 6.07) is 0. The van der Waals surface area contributed by atoms with Gasteiger partial charge in [-0.15, -0.1) is 0 Å². The molecule has 0 fully saturated rings. The first-order valence-electron chi connectivity index (χ1n) is 5.22. The lowest BCUT2D eigenvalue weighted by atomic mass is 10.7. The number of nitrogens with zero attached hydrogens (tertiary/aromatic N) is 1. The van der Waals surface area contributed by atoms with Crippen LogP contribution in [-0.4, -0.2) is 47.7 Å². The standard InChI is InChI=1S/C10H19NO4Si/c1-4-14-16(10-13-3,15-5-2)8-6-7-11-9-12/h6,8H,4-5,7,10H2,1-3H3. The molecule has 0 heterocycles. The van der Waals surface area contributed by atoms with Gasteiger partial charge in [0.25, 0.3) is 0 Å². The van der Waals surface area contributed by atoms with Crippen molar-refractivity contribution in [1.29, 1.82) is 0 Å². The molecule has 0 aromatic heterocycles. The Kier molecular flexibility index (Phi) is 8.98. The third-order valence-corrected chi connectivity index (χ3v) is 4.75. The Bertz CT molecular complexity index is 234. The molecule has 0 aliphatic carbocycles. The van der Waals surface area contributed by atoms with Gasteiger partial charge in [-0.3, -0.25) is 0 Å². The zero-order chi connectivity index (χ0) is 12.3. The van der Waals surface area contributed by atoms with Crippen LogP contribution in [0.25, 0.3) is 0 Å². The fraction of sp³-hybridized carbons (Fsp3) is 0.700. The van der Waals surface area contributed by atoms with Crippen LogP contribution in [0.3, 0.4) is 0 Å². The topological polar surface area (TPSA) is 57.1 Å². The number of isocyanates is 1. The number of carbonyl (C=O) groups excluding carboxylic acids is 1. The Hall–Kier alpha value is -0.783. The lowest BCUT2D eigenvalue weighted by molar-refractivity contribution is 0.141. The predicted octanol–water partition coefficient (Wildman–Crippen LogP) is 1.12. The molecule has 6 heteroatoms. The lowest BCUT2D eigenvalue weighted by Crippen LogP contribution is -2.46. The molecule has 16 heavy (non-hydrogen) atoms. The molecule has 0 amide bonds. The Morgan fingerprint density at radius 2 is 1.94 bits per heavy atom. The van der Waals surface area contributed by atoms with Crippen molar-refractivity contribution in [1.82, 2.24) is 0 Å². The molecule has 0 aliphatic rings. The van der Waals surface area contributed by atoms with E-state index in [0.29, 0.717) is 26.0 Å². The van der Waals surface area contributed by atoms with Gasteiger partial charge < -0.3 is 13.6 Å². The van der Waals surface area contributed by atoms with Crippen molar-refractivity contribution in [2.45, 2.75) is 13.8 Å². The molecule has 5 nitrogen and oxygen atoms in total. The summed E-state index contributed by atoms with van der Waals surface area (Å²) in [5.41, 5.74) is 1.85. The van der Waals surface area contributed by atoms with Crippen LogP contribution in [-0.2, 0) is 18.4 Å². The smallest absolute Gasteiger partial charge is 0.390 e. The second kappa shape index (κ2) is 9.44. The van der Waals surface area contributed by atoms with Gasteiger partial charge in [-0.05, 0) is 19.5 Å². The fourth-order valence-electron chi connectivity index (χ4n) is 1.28. The van der Waals surface area contributed by atoms with E-state index in [0.717, 1.165) is 0 Å². The summed E-state index contributed by atoms with van der Waals surface area (Å²) >= 11 is 0. The van der Waals surface area contributed by atoms with Crippen LogP contribution in [0.15, 0.2) is 16.8 Å². The number of hydrogen-bond acceptors (Lipinski definition) is 5. The summed E-state index contributed by atoms with van der Waals surface area (Å²) in [5.74, 6) is 0. The van der Waals surface area contributed by atoms with Gasteiger partial charge >= 0.3 is 8.56 Å². The highest BCUT2D eigenvalue weighted by molar-refractivity contribution is 6.72. The Labute approximate surface area is 97.4 Å². The van der Waals surface area contributed by atoms with Gasteiger partial charge in [-0.25, -0.2) is 9.79 Å². The molecule has 0 N–H and O–H groups in total. The first kappa shape index (κ1) is 15.2. The monoisotopic (exact) mass is 245 g/mol. The maximum Gasteiger partial charge on any atom is 0.391 e. The van der Waals surface area contributed by atoms with Crippen LogP contribution in [0.2, 0.25) is 0 Å². The van der Waals surface area contributed by atoms with Gasteiger partial charge in [0, 0.05) is 20.3 Å². The number of hydrogen-bond donors (Lipinski definition) is 0. The summed E-state index contributed by atoms with van der Waals surface area (Å²) in [4.78, 5) is 13.3. The largest absolute Gasteiger partial charge is 0.391 e. The lowest BCUT2D eigenvalue weighted by Gasteiger charge is -2.25. The van der Waals surface area contributed by atoms with Gasteiger partial charge in [-0.1, -0.05) is 6.08 Å². The van der Waals surface area contributed by atoms with E-state index in [1.165, 1.54) is 6.08 Å².